The van der Waals surface area contributed by atoms with Gasteiger partial charge in [-0.15, -0.1) is 0 Å². The molecule has 4 aromatic carbocycles. The second-order valence-corrected chi connectivity index (χ2v) is 5.12. The van der Waals surface area contributed by atoms with Gasteiger partial charge in [0.25, 0.3) is 0 Å². The fourth-order valence-electron chi connectivity index (χ4n) is 2.63. The SMILES string of the molecule is [2H]c1cc2ccc3cccc4ccc(c1Br)c2c34. The van der Waals surface area contributed by atoms with Crippen LogP contribution in [0.5, 0.6) is 0 Å². The molecular weight excluding hydrogens is 272 g/mol. The highest BCUT2D eigenvalue weighted by Crippen LogP contribution is 2.37. The molecule has 0 saturated carbocycles. The lowest BCUT2D eigenvalue weighted by molar-refractivity contribution is 1.75. The second kappa shape index (κ2) is 3.21. The Bertz CT molecular complexity index is 880. The smallest absolute Gasteiger partial charge is 0.0610 e. The van der Waals surface area contributed by atoms with Gasteiger partial charge >= 0.3 is 0 Å². The van der Waals surface area contributed by atoms with Crippen molar-refractivity contribution in [2.75, 3.05) is 0 Å². The minimum Gasteiger partial charge on any atom is -0.0610 e. The van der Waals surface area contributed by atoms with Crippen LogP contribution in [0.25, 0.3) is 32.3 Å². The Morgan fingerprint density at radius 3 is 2.18 bits per heavy atom. The summed E-state index contributed by atoms with van der Waals surface area (Å²) in [4.78, 5) is 0. The lowest BCUT2D eigenvalue weighted by atomic mass is 9.94. The quantitative estimate of drug-likeness (QED) is 0.381. The van der Waals surface area contributed by atoms with E-state index in [0.29, 0.717) is 6.04 Å². The van der Waals surface area contributed by atoms with Crippen LogP contribution in [0.3, 0.4) is 0 Å². The van der Waals surface area contributed by atoms with Crippen LogP contribution in [0.1, 0.15) is 1.37 Å². The minimum absolute atomic E-state index is 0.542. The average Bonchev–Trinajstić information content (AvgIpc) is 2.40. The first-order chi connectivity index (χ1) is 8.75. The van der Waals surface area contributed by atoms with E-state index in [2.05, 4.69) is 58.4 Å². The Morgan fingerprint density at radius 2 is 1.41 bits per heavy atom. The zero-order valence-corrected chi connectivity index (χ0v) is 10.6. The fraction of sp³-hybridized carbons (Fsp3) is 0. The molecule has 0 saturated heterocycles. The van der Waals surface area contributed by atoms with Gasteiger partial charge in [0.2, 0.25) is 0 Å². The van der Waals surface area contributed by atoms with Crippen molar-refractivity contribution in [3.05, 3.63) is 59.0 Å². The van der Waals surface area contributed by atoms with E-state index in [9.17, 15) is 0 Å². The molecule has 0 unspecified atom stereocenters. The maximum atomic E-state index is 7.99. The van der Waals surface area contributed by atoms with Crippen LogP contribution in [0, 0.1) is 0 Å². The van der Waals surface area contributed by atoms with E-state index in [0.717, 1.165) is 15.2 Å². The average molecular weight is 282 g/mol. The number of hydrogen-bond acceptors (Lipinski definition) is 0. The van der Waals surface area contributed by atoms with Gasteiger partial charge < -0.3 is 0 Å². The van der Waals surface area contributed by atoms with Gasteiger partial charge in [0.1, 0.15) is 0 Å². The summed E-state index contributed by atoms with van der Waals surface area (Å²) in [6, 6.07) is 17.3. The molecule has 0 aliphatic heterocycles. The van der Waals surface area contributed by atoms with E-state index >= 15 is 0 Å². The van der Waals surface area contributed by atoms with Gasteiger partial charge in [-0.1, -0.05) is 64.5 Å². The number of halogens is 1. The van der Waals surface area contributed by atoms with Crippen LogP contribution in [0.2, 0.25) is 0 Å². The molecule has 0 spiro atoms. The highest BCUT2D eigenvalue weighted by molar-refractivity contribution is 9.10. The highest BCUT2D eigenvalue weighted by atomic mass is 79.9. The van der Waals surface area contributed by atoms with E-state index in [-0.39, 0.29) is 0 Å². The minimum atomic E-state index is 0.542. The summed E-state index contributed by atoms with van der Waals surface area (Å²) in [6.07, 6.45) is 0. The number of rotatable bonds is 0. The third-order valence-corrected chi connectivity index (χ3v) is 4.06. The summed E-state index contributed by atoms with van der Waals surface area (Å²) in [6.45, 7) is 0. The topological polar surface area (TPSA) is 0 Å². The number of hydrogen-bond donors (Lipinski definition) is 0. The first-order valence-electron chi connectivity index (χ1n) is 6.08. The van der Waals surface area contributed by atoms with Crippen molar-refractivity contribution < 1.29 is 1.37 Å². The summed E-state index contributed by atoms with van der Waals surface area (Å²) >= 11 is 3.54. The van der Waals surface area contributed by atoms with E-state index in [4.69, 9.17) is 1.37 Å². The van der Waals surface area contributed by atoms with Crippen molar-refractivity contribution >= 4 is 48.2 Å². The largest absolute Gasteiger partial charge is 0.0635 e. The molecule has 1 heteroatoms. The van der Waals surface area contributed by atoms with Crippen molar-refractivity contribution in [1.29, 1.82) is 0 Å². The third kappa shape index (κ3) is 1.18. The van der Waals surface area contributed by atoms with Gasteiger partial charge in [0.05, 0.1) is 1.37 Å². The number of benzene rings is 4. The molecule has 0 fully saturated rings. The Labute approximate surface area is 109 Å². The molecule has 0 bridgehead atoms. The molecule has 0 aliphatic carbocycles. The van der Waals surface area contributed by atoms with Crippen LogP contribution < -0.4 is 0 Å². The Hall–Kier alpha value is -1.60. The second-order valence-electron chi connectivity index (χ2n) is 4.32. The molecule has 0 N–H and O–H groups in total. The maximum Gasteiger partial charge on any atom is 0.0635 e. The maximum absolute atomic E-state index is 7.99. The molecule has 0 aromatic heterocycles. The van der Waals surface area contributed by atoms with E-state index in [1.54, 1.807) is 0 Å². The third-order valence-electron chi connectivity index (χ3n) is 3.40. The summed E-state index contributed by atoms with van der Waals surface area (Å²) < 4.78 is 8.88. The monoisotopic (exact) mass is 281 g/mol. The molecule has 4 aromatic rings. The Morgan fingerprint density at radius 1 is 0.765 bits per heavy atom. The summed E-state index contributed by atoms with van der Waals surface area (Å²) in [5.41, 5.74) is 0. The highest BCUT2D eigenvalue weighted by Gasteiger charge is 2.08. The van der Waals surface area contributed by atoms with Crippen LogP contribution >= 0.6 is 15.9 Å². The zero-order chi connectivity index (χ0) is 12.3. The predicted octanol–water partition coefficient (Wildman–Crippen LogP) is 5.35. The van der Waals surface area contributed by atoms with Crippen molar-refractivity contribution in [2.24, 2.45) is 0 Å². The molecule has 4 rings (SSSR count). The lowest BCUT2D eigenvalue weighted by Crippen LogP contribution is -1.83. The van der Waals surface area contributed by atoms with Crippen molar-refractivity contribution in [3.63, 3.8) is 0 Å². The molecule has 0 aliphatic rings. The van der Waals surface area contributed by atoms with Gasteiger partial charge in [-0.25, -0.2) is 0 Å². The van der Waals surface area contributed by atoms with Crippen molar-refractivity contribution in [1.82, 2.24) is 0 Å². The van der Waals surface area contributed by atoms with Gasteiger partial charge in [-0.3, -0.25) is 0 Å². The first kappa shape index (κ1) is 8.48. The van der Waals surface area contributed by atoms with E-state index < -0.39 is 0 Å². The first-order valence-corrected chi connectivity index (χ1v) is 6.37. The molecule has 0 amide bonds. The molecule has 0 heterocycles. The van der Waals surface area contributed by atoms with Gasteiger partial charge in [-0.05, 0) is 38.4 Å². The summed E-state index contributed by atoms with van der Waals surface area (Å²) in [7, 11) is 0. The molecule has 0 nitrogen and oxygen atoms in total. The summed E-state index contributed by atoms with van der Waals surface area (Å²) in [5.74, 6) is 0. The van der Waals surface area contributed by atoms with Crippen molar-refractivity contribution in [3.8, 4) is 0 Å². The standard InChI is InChI=1S/C16H9Br/c17-14-9-7-12-5-4-10-2-1-3-11-6-8-13(14)16(12)15(10)11/h1-9H/i9D. The summed E-state index contributed by atoms with van der Waals surface area (Å²) in [5, 5.41) is 7.34. The van der Waals surface area contributed by atoms with Crippen LogP contribution in [0.15, 0.2) is 59.0 Å². The normalized spacial score (nSPS) is 12.6. The Balaban J connectivity index is 2.46. The molecule has 17 heavy (non-hydrogen) atoms. The fourth-order valence-corrected chi connectivity index (χ4v) is 3.08. The molecular formula is C16H9Br. The van der Waals surface area contributed by atoms with Crippen LogP contribution in [-0.2, 0) is 0 Å². The lowest BCUT2D eigenvalue weighted by Gasteiger charge is -2.11. The van der Waals surface area contributed by atoms with Crippen LogP contribution in [0.4, 0.5) is 0 Å². The zero-order valence-electron chi connectivity index (χ0n) is 10.00. The molecule has 0 radical (unpaired) electrons. The van der Waals surface area contributed by atoms with Gasteiger partial charge in [0.15, 0.2) is 0 Å². The van der Waals surface area contributed by atoms with E-state index in [1.165, 1.54) is 21.5 Å². The molecule has 0 atom stereocenters. The van der Waals surface area contributed by atoms with Crippen LogP contribution in [-0.4, -0.2) is 0 Å². The van der Waals surface area contributed by atoms with Crippen molar-refractivity contribution in [2.45, 2.75) is 0 Å². The predicted molar refractivity (Wildman–Crippen MR) is 77.8 cm³/mol. The molecule has 80 valence electrons. The van der Waals surface area contributed by atoms with Gasteiger partial charge in [0, 0.05) is 4.47 Å². The Kier molecular flexibility index (Phi) is 1.60. The van der Waals surface area contributed by atoms with E-state index in [1.807, 2.05) is 6.07 Å². The van der Waals surface area contributed by atoms with Gasteiger partial charge in [-0.2, -0.15) is 0 Å².